The van der Waals surface area contributed by atoms with Gasteiger partial charge in [-0.25, -0.2) is 0 Å². The molecular weight excluding hydrogens is 232 g/mol. The Morgan fingerprint density at radius 2 is 1.68 bits per heavy atom. The Balaban J connectivity index is 1.55. The molecule has 0 amide bonds. The molecule has 2 nitrogen and oxygen atoms in total. The fourth-order valence-electron chi connectivity index (χ4n) is 3.54. The molecular formula is C17H28N2. The number of rotatable bonds is 2. The molecule has 2 fully saturated rings. The van der Waals surface area contributed by atoms with E-state index in [9.17, 15) is 0 Å². The molecule has 19 heavy (non-hydrogen) atoms. The minimum Gasteiger partial charge on any atom is -0.372 e. The fraction of sp³-hybridized carbons (Fsp3) is 0.765. The molecule has 0 bridgehead atoms. The quantitative estimate of drug-likeness (QED) is 0.750. The molecule has 2 heterocycles. The molecule has 0 N–H and O–H groups in total. The summed E-state index contributed by atoms with van der Waals surface area (Å²) in [5, 5.41) is 0. The van der Waals surface area contributed by atoms with Crippen LogP contribution in [0, 0.1) is 5.41 Å². The molecule has 2 saturated heterocycles. The van der Waals surface area contributed by atoms with Crippen molar-refractivity contribution in [2.24, 2.45) is 5.41 Å². The maximum atomic E-state index is 2.69. The molecule has 0 aromatic rings. The summed E-state index contributed by atoms with van der Waals surface area (Å²) in [7, 11) is 0. The highest BCUT2D eigenvalue weighted by Crippen LogP contribution is 2.35. The van der Waals surface area contributed by atoms with Crippen LogP contribution in [0.5, 0.6) is 0 Å². The minimum atomic E-state index is 0.342. The lowest BCUT2D eigenvalue weighted by Crippen LogP contribution is -2.58. The Kier molecular flexibility index (Phi) is 3.46. The third-order valence-corrected chi connectivity index (χ3v) is 5.02. The van der Waals surface area contributed by atoms with E-state index in [1.807, 2.05) is 0 Å². The second-order valence-electron chi connectivity index (χ2n) is 7.40. The van der Waals surface area contributed by atoms with Crippen molar-refractivity contribution in [1.82, 2.24) is 9.80 Å². The van der Waals surface area contributed by atoms with Gasteiger partial charge in [-0.1, -0.05) is 32.4 Å². The van der Waals surface area contributed by atoms with Gasteiger partial charge in [-0.05, 0) is 50.3 Å². The number of allylic oxidation sites excluding steroid dienone is 4. The van der Waals surface area contributed by atoms with Crippen LogP contribution in [0.15, 0.2) is 23.4 Å². The molecule has 3 rings (SSSR count). The molecule has 106 valence electrons. The van der Waals surface area contributed by atoms with Gasteiger partial charge in [0, 0.05) is 24.8 Å². The summed E-state index contributed by atoms with van der Waals surface area (Å²) >= 11 is 0. The number of hydrogen-bond donors (Lipinski definition) is 0. The third kappa shape index (κ3) is 2.74. The highest BCUT2D eigenvalue weighted by molar-refractivity contribution is 5.27. The summed E-state index contributed by atoms with van der Waals surface area (Å²) < 4.78 is 0. The number of hydrogen-bond acceptors (Lipinski definition) is 2. The summed E-state index contributed by atoms with van der Waals surface area (Å²) in [6, 6.07) is 0.844. The predicted octanol–water partition coefficient (Wildman–Crippen LogP) is 3.42. The van der Waals surface area contributed by atoms with E-state index in [4.69, 9.17) is 0 Å². The molecule has 2 heteroatoms. The van der Waals surface area contributed by atoms with Crippen LogP contribution in [0.25, 0.3) is 0 Å². The topological polar surface area (TPSA) is 6.48 Å². The Labute approximate surface area is 118 Å². The minimum absolute atomic E-state index is 0.342. The predicted molar refractivity (Wildman–Crippen MR) is 81.0 cm³/mol. The monoisotopic (exact) mass is 260 g/mol. The SMILES string of the molecule is CC(C)(C)C1=CC=C(N2CC(N3CCCC3)C2)CC1. The second-order valence-corrected chi connectivity index (χ2v) is 7.40. The first kappa shape index (κ1) is 13.2. The van der Waals surface area contributed by atoms with Crippen LogP contribution in [0.1, 0.15) is 46.5 Å². The van der Waals surface area contributed by atoms with Crippen LogP contribution in [0.4, 0.5) is 0 Å². The number of nitrogens with zero attached hydrogens (tertiary/aromatic N) is 2. The van der Waals surface area contributed by atoms with Gasteiger partial charge in [0.15, 0.2) is 0 Å². The average molecular weight is 260 g/mol. The van der Waals surface area contributed by atoms with Crippen LogP contribution >= 0.6 is 0 Å². The maximum absolute atomic E-state index is 2.69. The summed E-state index contributed by atoms with van der Waals surface area (Å²) in [6.07, 6.45) is 10.1. The molecule has 2 aliphatic heterocycles. The van der Waals surface area contributed by atoms with Gasteiger partial charge in [-0.15, -0.1) is 0 Å². The van der Waals surface area contributed by atoms with Gasteiger partial charge in [0.25, 0.3) is 0 Å². The van der Waals surface area contributed by atoms with Gasteiger partial charge in [0.2, 0.25) is 0 Å². The van der Waals surface area contributed by atoms with E-state index in [1.165, 1.54) is 51.9 Å². The molecule has 3 aliphatic rings. The zero-order valence-corrected chi connectivity index (χ0v) is 12.8. The summed E-state index contributed by atoms with van der Waals surface area (Å²) in [5.41, 5.74) is 3.52. The van der Waals surface area contributed by atoms with Crippen molar-refractivity contribution in [3.63, 3.8) is 0 Å². The van der Waals surface area contributed by atoms with Gasteiger partial charge in [0.1, 0.15) is 0 Å². The van der Waals surface area contributed by atoms with Crippen molar-refractivity contribution in [1.29, 1.82) is 0 Å². The molecule has 0 spiro atoms. The van der Waals surface area contributed by atoms with Crippen molar-refractivity contribution in [2.45, 2.75) is 52.5 Å². The average Bonchev–Trinajstić information content (AvgIpc) is 2.80. The summed E-state index contributed by atoms with van der Waals surface area (Å²) in [4.78, 5) is 5.29. The van der Waals surface area contributed by atoms with Crippen molar-refractivity contribution in [2.75, 3.05) is 26.2 Å². The maximum Gasteiger partial charge on any atom is 0.0446 e. The van der Waals surface area contributed by atoms with E-state index in [-0.39, 0.29) is 0 Å². The van der Waals surface area contributed by atoms with Crippen LogP contribution in [0.3, 0.4) is 0 Å². The van der Waals surface area contributed by atoms with E-state index >= 15 is 0 Å². The van der Waals surface area contributed by atoms with Crippen molar-refractivity contribution < 1.29 is 0 Å². The highest BCUT2D eigenvalue weighted by Gasteiger charge is 2.34. The summed E-state index contributed by atoms with van der Waals surface area (Å²) in [5.74, 6) is 0. The first-order valence-electron chi connectivity index (χ1n) is 7.93. The molecule has 0 aromatic carbocycles. The fourth-order valence-corrected chi connectivity index (χ4v) is 3.54. The van der Waals surface area contributed by atoms with E-state index in [0.29, 0.717) is 5.41 Å². The molecule has 0 unspecified atom stereocenters. The molecule has 0 saturated carbocycles. The van der Waals surface area contributed by atoms with Crippen molar-refractivity contribution >= 4 is 0 Å². The van der Waals surface area contributed by atoms with Crippen molar-refractivity contribution in [3.05, 3.63) is 23.4 Å². The Hall–Kier alpha value is -0.760. The second kappa shape index (κ2) is 4.97. The normalized spacial score (nSPS) is 26.2. The van der Waals surface area contributed by atoms with E-state index in [1.54, 1.807) is 11.3 Å². The molecule has 0 atom stereocenters. The Morgan fingerprint density at radius 1 is 1.00 bits per heavy atom. The third-order valence-electron chi connectivity index (χ3n) is 5.02. The standard InChI is InChI=1S/C17H28N2/c1-17(2,3)14-6-8-15(9-7-14)19-12-16(13-19)18-10-4-5-11-18/h6,8,16H,4-5,7,9-13H2,1-3H3. The highest BCUT2D eigenvalue weighted by atomic mass is 15.3. The van der Waals surface area contributed by atoms with Gasteiger partial charge in [-0.3, -0.25) is 4.90 Å². The zero-order chi connectivity index (χ0) is 13.5. The Bertz CT molecular complexity index is 388. The summed E-state index contributed by atoms with van der Waals surface area (Å²) in [6.45, 7) is 12.2. The first-order chi connectivity index (χ1) is 9.04. The molecule has 0 radical (unpaired) electrons. The lowest BCUT2D eigenvalue weighted by atomic mass is 9.81. The molecule has 0 aromatic heterocycles. The zero-order valence-electron chi connectivity index (χ0n) is 12.8. The lowest BCUT2D eigenvalue weighted by molar-refractivity contribution is 0.0718. The smallest absolute Gasteiger partial charge is 0.0446 e. The largest absolute Gasteiger partial charge is 0.372 e. The van der Waals surface area contributed by atoms with Crippen LogP contribution in [-0.2, 0) is 0 Å². The van der Waals surface area contributed by atoms with Gasteiger partial charge >= 0.3 is 0 Å². The van der Waals surface area contributed by atoms with Gasteiger partial charge < -0.3 is 4.90 Å². The van der Waals surface area contributed by atoms with E-state index in [2.05, 4.69) is 42.7 Å². The van der Waals surface area contributed by atoms with Crippen LogP contribution in [-0.4, -0.2) is 42.0 Å². The number of likely N-dealkylation sites (tertiary alicyclic amines) is 2. The van der Waals surface area contributed by atoms with Crippen LogP contribution < -0.4 is 0 Å². The van der Waals surface area contributed by atoms with Crippen molar-refractivity contribution in [3.8, 4) is 0 Å². The lowest BCUT2D eigenvalue weighted by Gasteiger charge is -2.47. The van der Waals surface area contributed by atoms with Gasteiger partial charge in [-0.2, -0.15) is 0 Å². The Morgan fingerprint density at radius 3 is 2.21 bits per heavy atom. The van der Waals surface area contributed by atoms with E-state index < -0.39 is 0 Å². The van der Waals surface area contributed by atoms with E-state index in [0.717, 1.165) is 6.04 Å². The first-order valence-corrected chi connectivity index (χ1v) is 7.93. The van der Waals surface area contributed by atoms with Crippen LogP contribution in [0.2, 0.25) is 0 Å². The van der Waals surface area contributed by atoms with Gasteiger partial charge in [0.05, 0.1) is 0 Å². The molecule has 1 aliphatic carbocycles.